The van der Waals surface area contributed by atoms with Gasteiger partial charge in [-0.15, -0.1) is 5.06 Å². The van der Waals surface area contributed by atoms with Crippen LogP contribution in [-0.2, 0) is 6.42 Å². The van der Waals surface area contributed by atoms with Crippen LogP contribution in [0.2, 0.25) is 0 Å². The highest BCUT2D eigenvalue weighted by Gasteiger charge is 2.21. The standard InChI is InChI=1S/C25H27N5O/c1-2-18-6-8-19(9-7-18)25-27-22-4-3-5-23(24(22)28-25)29-14-16-30(17-15-29)31-21-12-10-20(26)11-13-21/h3-13H,2,14-17,26H2,1H3,(H,27,28). The lowest BCUT2D eigenvalue weighted by Crippen LogP contribution is -2.47. The van der Waals surface area contributed by atoms with E-state index in [0.717, 1.165) is 72.1 Å². The van der Waals surface area contributed by atoms with Crippen LogP contribution in [-0.4, -0.2) is 41.2 Å². The van der Waals surface area contributed by atoms with Crippen molar-refractivity contribution in [3.8, 4) is 17.1 Å². The van der Waals surface area contributed by atoms with Crippen molar-refractivity contribution in [1.82, 2.24) is 15.0 Å². The van der Waals surface area contributed by atoms with Gasteiger partial charge in [-0.1, -0.05) is 37.3 Å². The average molecular weight is 414 g/mol. The number of fused-ring (bicyclic) bond motifs is 1. The van der Waals surface area contributed by atoms with E-state index in [9.17, 15) is 0 Å². The zero-order valence-electron chi connectivity index (χ0n) is 17.7. The summed E-state index contributed by atoms with van der Waals surface area (Å²) in [7, 11) is 0. The van der Waals surface area contributed by atoms with Gasteiger partial charge in [0.2, 0.25) is 0 Å². The molecule has 0 amide bonds. The minimum atomic E-state index is 0.741. The largest absolute Gasteiger partial charge is 0.406 e. The molecule has 6 nitrogen and oxygen atoms in total. The maximum Gasteiger partial charge on any atom is 0.147 e. The van der Waals surface area contributed by atoms with Crippen LogP contribution in [0, 0.1) is 0 Å². The number of aryl methyl sites for hydroxylation is 1. The molecule has 0 radical (unpaired) electrons. The van der Waals surface area contributed by atoms with Gasteiger partial charge in [0.1, 0.15) is 17.1 Å². The Labute approximate surface area is 182 Å². The first kappa shape index (κ1) is 19.5. The number of hydrogen-bond donors (Lipinski definition) is 2. The highest BCUT2D eigenvalue weighted by Crippen LogP contribution is 2.29. The van der Waals surface area contributed by atoms with E-state index in [1.54, 1.807) is 0 Å². The molecule has 1 aliphatic heterocycles. The summed E-state index contributed by atoms with van der Waals surface area (Å²) >= 11 is 0. The molecule has 6 heteroatoms. The number of imidazole rings is 1. The van der Waals surface area contributed by atoms with Crippen molar-refractivity contribution < 1.29 is 4.84 Å². The molecule has 4 aromatic rings. The molecule has 0 bridgehead atoms. The Bertz CT molecular complexity index is 1160. The smallest absolute Gasteiger partial charge is 0.147 e. The first-order valence-corrected chi connectivity index (χ1v) is 10.8. The van der Waals surface area contributed by atoms with Gasteiger partial charge in [0.05, 0.1) is 24.3 Å². The lowest BCUT2D eigenvalue weighted by Gasteiger charge is -2.35. The second-order valence-corrected chi connectivity index (χ2v) is 7.89. The number of H-pyrrole nitrogens is 1. The fourth-order valence-corrected chi connectivity index (χ4v) is 4.01. The summed E-state index contributed by atoms with van der Waals surface area (Å²) in [6, 6.07) is 22.5. The molecule has 158 valence electrons. The second kappa shape index (κ2) is 8.32. The Balaban J connectivity index is 1.32. The van der Waals surface area contributed by atoms with Crippen molar-refractivity contribution in [3.63, 3.8) is 0 Å². The fraction of sp³-hybridized carbons (Fsp3) is 0.240. The Morgan fingerprint density at radius 3 is 2.39 bits per heavy atom. The van der Waals surface area contributed by atoms with Gasteiger partial charge in [-0.3, -0.25) is 0 Å². The van der Waals surface area contributed by atoms with E-state index in [2.05, 4.69) is 59.3 Å². The normalized spacial score (nSPS) is 14.8. The molecular weight excluding hydrogens is 386 g/mol. The number of piperazine rings is 1. The van der Waals surface area contributed by atoms with Gasteiger partial charge in [-0.05, 0) is 48.4 Å². The number of para-hydroxylation sites is 1. The molecule has 1 saturated heterocycles. The number of rotatable bonds is 5. The first-order chi connectivity index (χ1) is 15.2. The van der Waals surface area contributed by atoms with Crippen LogP contribution in [0.3, 0.4) is 0 Å². The van der Waals surface area contributed by atoms with Crippen LogP contribution >= 0.6 is 0 Å². The molecule has 0 spiro atoms. The lowest BCUT2D eigenvalue weighted by atomic mass is 10.1. The summed E-state index contributed by atoms with van der Waals surface area (Å²) in [5.41, 5.74) is 12.2. The maximum absolute atomic E-state index is 5.99. The molecular formula is C25H27N5O. The first-order valence-electron chi connectivity index (χ1n) is 10.8. The SMILES string of the molecule is CCc1ccc(-c2nc3c(N4CCN(Oc5ccc(N)cc5)CC4)cccc3[nH]2)cc1. The Morgan fingerprint density at radius 1 is 0.935 bits per heavy atom. The van der Waals surface area contributed by atoms with Gasteiger partial charge < -0.3 is 20.5 Å². The summed E-state index contributed by atoms with van der Waals surface area (Å²) in [5.74, 6) is 1.73. The minimum absolute atomic E-state index is 0.741. The number of aromatic nitrogens is 2. The summed E-state index contributed by atoms with van der Waals surface area (Å²) in [6.07, 6.45) is 1.04. The van der Waals surface area contributed by atoms with Gasteiger partial charge in [-0.25, -0.2) is 4.98 Å². The van der Waals surface area contributed by atoms with Crippen molar-refractivity contribution in [2.75, 3.05) is 36.8 Å². The summed E-state index contributed by atoms with van der Waals surface area (Å²) in [5, 5.41) is 2.01. The molecule has 0 aliphatic carbocycles. The van der Waals surface area contributed by atoms with Crippen LogP contribution in [0.5, 0.6) is 5.75 Å². The summed E-state index contributed by atoms with van der Waals surface area (Å²) < 4.78 is 0. The number of anilines is 2. The number of nitrogens with two attached hydrogens (primary N) is 1. The monoisotopic (exact) mass is 413 g/mol. The third-order valence-electron chi connectivity index (χ3n) is 5.82. The number of benzene rings is 3. The molecule has 1 aromatic heterocycles. The lowest BCUT2D eigenvalue weighted by molar-refractivity contribution is -0.0619. The second-order valence-electron chi connectivity index (χ2n) is 7.89. The van der Waals surface area contributed by atoms with E-state index in [4.69, 9.17) is 15.6 Å². The zero-order valence-corrected chi connectivity index (χ0v) is 17.7. The molecule has 31 heavy (non-hydrogen) atoms. The molecule has 1 aliphatic rings. The molecule has 1 fully saturated rings. The predicted octanol–water partition coefficient (Wildman–Crippen LogP) is 4.49. The van der Waals surface area contributed by atoms with E-state index >= 15 is 0 Å². The molecule has 0 saturated carbocycles. The van der Waals surface area contributed by atoms with E-state index in [0.29, 0.717) is 0 Å². The Kier molecular flexibility index (Phi) is 5.22. The number of nitrogens with one attached hydrogen (secondary N) is 1. The highest BCUT2D eigenvalue weighted by molar-refractivity contribution is 5.91. The zero-order chi connectivity index (χ0) is 21.2. The molecule has 3 aromatic carbocycles. The van der Waals surface area contributed by atoms with E-state index in [-0.39, 0.29) is 0 Å². The van der Waals surface area contributed by atoms with Crippen LogP contribution in [0.4, 0.5) is 11.4 Å². The van der Waals surface area contributed by atoms with Gasteiger partial charge >= 0.3 is 0 Å². The number of nitrogen functional groups attached to an aromatic ring is 1. The Hall–Kier alpha value is -3.51. The maximum atomic E-state index is 5.99. The minimum Gasteiger partial charge on any atom is -0.406 e. The predicted molar refractivity (Wildman–Crippen MR) is 126 cm³/mol. The molecule has 0 unspecified atom stereocenters. The van der Waals surface area contributed by atoms with Gasteiger partial charge in [0.15, 0.2) is 0 Å². The average Bonchev–Trinajstić information content (AvgIpc) is 3.26. The van der Waals surface area contributed by atoms with Gasteiger partial charge in [-0.2, -0.15) is 0 Å². The number of hydrogen-bond acceptors (Lipinski definition) is 5. The van der Waals surface area contributed by atoms with Crippen LogP contribution in [0.25, 0.3) is 22.4 Å². The summed E-state index contributed by atoms with van der Waals surface area (Å²) in [6.45, 7) is 5.55. The van der Waals surface area contributed by atoms with Crippen molar-refractivity contribution in [2.24, 2.45) is 0 Å². The van der Waals surface area contributed by atoms with E-state index < -0.39 is 0 Å². The van der Waals surface area contributed by atoms with E-state index in [1.165, 1.54) is 5.56 Å². The Morgan fingerprint density at radius 2 is 1.68 bits per heavy atom. The van der Waals surface area contributed by atoms with Crippen LogP contribution in [0.1, 0.15) is 12.5 Å². The number of nitrogens with zero attached hydrogens (tertiary/aromatic N) is 3. The van der Waals surface area contributed by atoms with Crippen molar-refractivity contribution in [2.45, 2.75) is 13.3 Å². The molecule has 5 rings (SSSR count). The third kappa shape index (κ3) is 4.07. The molecule has 3 N–H and O–H groups in total. The van der Waals surface area contributed by atoms with Crippen LogP contribution in [0.15, 0.2) is 66.7 Å². The van der Waals surface area contributed by atoms with Gasteiger partial charge in [0, 0.05) is 24.3 Å². The topological polar surface area (TPSA) is 70.4 Å². The van der Waals surface area contributed by atoms with Gasteiger partial charge in [0.25, 0.3) is 0 Å². The van der Waals surface area contributed by atoms with Crippen molar-refractivity contribution in [1.29, 1.82) is 0 Å². The third-order valence-corrected chi connectivity index (χ3v) is 5.82. The van der Waals surface area contributed by atoms with Crippen LogP contribution < -0.4 is 15.5 Å². The van der Waals surface area contributed by atoms with E-state index in [1.807, 2.05) is 29.3 Å². The molecule has 0 atom stereocenters. The molecule has 2 heterocycles. The number of hydroxylamine groups is 2. The highest BCUT2D eigenvalue weighted by atomic mass is 16.7. The summed E-state index contributed by atoms with van der Waals surface area (Å²) in [4.78, 5) is 16.8. The quantitative estimate of drug-likeness (QED) is 0.472. The fourth-order valence-electron chi connectivity index (χ4n) is 4.01. The van der Waals surface area contributed by atoms with Crippen molar-refractivity contribution >= 4 is 22.4 Å². The van der Waals surface area contributed by atoms with Crippen molar-refractivity contribution in [3.05, 3.63) is 72.3 Å². The number of aromatic amines is 1.